The van der Waals surface area contributed by atoms with E-state index in [1.807, 2.05) is 60.7 Å². The fourth-order valence-corrected chi connectivity index (χ4v) is 3.30. The molecule has 3 aromatic carbocycles. The highest BCUT2D eigenvalue weighted by Crippen LogP contribution is 2.27. The molecule has 0 heterocycles. The predicted octanol–water partition coefficient (Wildman–Crippen LogP) is 2.82. The SMILES string of the molecule is COc1ccc([C@@H](CC(=O)[O-])NC(=O)C(c2ccccc2)c2ccccc2)cc1. The van der Waals surface area contributed by atoms with Crippen LogP contribution in [0.5, 0.6) is 5.75 Å². The van der Waals surface area contributed by atoms with Gasteiger partial charge in [0.1, 0.15) is 5.75 Å². The van der Waals surface area contributed by atoms with Gasteiger partial charge in [0.2, 0.25) is 5.91 Å². The van der Waals surface area contributed by atoms with E-state index in [1.54, 1.807) is 31.4 Å². The van der Waals surface area contributed by atoms with Crippen molar-refractivity contribution < 1.29 is 19.4 Å². The molecule has 5 heteroatoms. The van der Waals surface area contributed by atoms with Crippen molar-refractivity contribution in [2.75, 3.05) is 7.11 Å². The number of benzene rings is 3. The summed E-state index contributed by atoms with van der Waals surface area (Å²) >= 11 is 0. The monoisotopic (exact) mass is 388 g/mol. The average molecular weight is 388 g/mol. The molecule has 0 radical (unpaired) electrons. The minimum absolute atomic E-state index is 0.274. The molecule has 0 aliphatic carbocycles. The zero-order chi connectivity index (χ0) is 20.6. The minimum atomic E-state index is -1.23. The van der Waals surface area contributed by atoms with Crippen LogP contribution in [0.3, 0.4) is 0 Å². The number of carboxylic acids is 1. The molecule has 1 amide bonds. The van der Waals surface area contributed by atoms with Gasteiger partial charge in [-0.2, -0.15) is 0 Å². The van der Waals surface area contributed by atoms with E-state index in [0.717, 1.165) is 11.1 Å². The molecule has 0 saturated heterocycles. The Morgan fingerprint density at radius 3 is 1.79 bits per heavy atom. The summed E-state index contributed by atoms with van der Waals surface area (Å²) in [6, 6.07) is 25.1. The zero-order valence-electron chi connectivity index (χ0n) is 16.1. The second-order valence-electron chi connectivity index (χ2n) is 6.66. The van der Waals surface area contributed by atoms with Crippen LogP contribution < -0.4 is 15.2 Å². The van der Waals surface area contributed by atoms with Crippen molar-refractivity contribution >= 4 is 11.9 Å². The topological polar surface area (TPSA) is 78.5 Å². The molecule has 29 heavy (non-hydrogen) atoms. The lowest BCUT2D eigenvalue weighted by Crippen LogP contribution is -2.37. The first kappa shape index (κ1) is 20.1. The average Bonchev–Trinajstić information content (AvgIpc) is 2.75. The summed E-state index contributed by atoms with van der Waals surface area (Å²) in [6.07, 6.45) is -0.325. The predicted molar refractivity (Wildman–Crippen MR) is 108 cm³/mol. The fraction of sp³-hybridized carbons (Fsp3) is 0.167. The first-order valence-corrected chi connectivity index (χ1v) is 9.32. The number of rotatable bonds is 8. The van der Waals surface area contributed by atoms with Crippen molar-refractivity contribution in [3.8, 4) is 5.75 Å². The molecular formula is C24H22NO4-. The number of aliphatic carboxylic acids is 1. The highest BCUT2D eigenvalue weighted by molar-refractivity contribution is 5.87. The van der Waals surface area contributed by atoms with Crippen molar-refractivity contribution in [2.24, 2.45) is 0 Å². The lowest BCUT2D eigenvalue weighted by molar-refractivity contribution is -0.306. The summed E-state index contributed by atoms with van der Waals surface area (Å²) in [5, 5.41) is 14.2. The summed E-state index contributed by atoms with van der Waals surface area (Å²) in [6.45, 7) is 0. The van der Waals surface area contributed by atoms with Crippen LogP contribution in [0.4, 0.5) is 0 Å². The third-order valence-electron chi connectivity index (χ3n) is 4.73. The van der Waals surface area contributed by atoms with Crippen LogP contribution in [0.25, 0.3) is 0 Å². The maximum atomic E-state index is 13.3. The molecule has 1 N–H and O–H groups in total. The second kappa shape index (κ2) is 9.55. The van der Waals surface area contributed by atoms with E-state index in [-0.39, 0.29) is 12.3 Å². The van der Waals surface area contributed by atoms with Crippen LogP contribution in [-0.2, 0) is 9.59 Å². The molecule has 1 atom stereocenters. The third-order valence-corrected chi connectivity index (χ3v) is 4.73. The quantitative estimate of drug-likeness (QED) is 0.644. The normalized spacial score (nSPS) is 11.7. The largest absolute Gasteiger partial charge is 0.550 e. The van der Waals surface area contributed by atoms with Crippen molar-refractivity contribution in [1.29, 1.82) is 0 Å². The Kier molecular flexibility index (Phi) is 6.63. The van der Waals surface area contributed by atoms with E-state index in [4.69, 9.17) is 4.74 Å². The van der Waals surface area contributed by atoms with Crippen molar-refractivity contribution in [1.82, 2.24) is 5.32 Å². The van der Waals surface area contributed by atoms with Crippen LogP contribution >= 0.6 is 0 Å². The third kappa shape index (κ3) is 5.23. The molecule has 0 aliphatic heterocycles. The Labute approximate surface area is 170 Å². The van der Waals surface area contributed by atoms with E-state index >= 15 is 0 Å². The molecule has 0 saturated carbocycles. The molecule has 5 nitrogen and oxygen atoms in total. The molecule has 0 spiro atoms. The summed E-state index contributed by atoms with van der Waals surface area (Å²) in [5.74, 6) is -1.41. The summed E-state index contributed by atoms with van der Waals surface area (Å²) in [4.78, 5) is 24.6. The summed E-state index contributed by atoms with van der Waals surface area (Å²) < 4.78 is 5.15. The van der Waals surface area contributed by atoms with Gasteiger partial charge in [-0.15, -0.1) is 0 Å². The highest BCUT2D eigenvalue weighted by Gasteiger charge is 2.25. The highest BCUT2D eigenvalue weighted by atomic mass is 16.5. The number of hydrogen-bond donors (Lipinski definition) is 1. The van der Waals surface area contributed by atoms with Crippen LogP contribution in [0.15, 0.2) is 84.9 Å². The lowest BCUT2D eigenvalue weighted by atomic mass is 9.90. The van der Waals surface area contributed by atoms with Gasteiger partial charge in [-0.3, -0.25) is 4.79 Å². The van der Waals surface area contributed by atoms with Gasteiger partial charge in [0.15, 0.2) is 0 Å². The molecule has 0 unspecified atom stereocenters. The fourth-order valence-electron chi connectivity index (χ4n) is 3.30. The Balaban J connectivity index is 1.91. The van der Waals surface area contributed by atoms with E-state index in [0.29, 0.717) is 11.3 Å². The van der Waals surface area contributed by atoms with Gasteiger partial charge >= 0.3 is 0 Å². The number of nitrogens with one attached hydrogen (secondary N) is 1. The van der Waals surface area contributed by atoms with Crippen LogP contribution in [0.1, 0.15) is 35.1 Å². The minimum Gasteiger partial charge on any atom is -0.550 e. The van der Waals surface area contributed by atoms with Crippen molar-refractivity contribution in [2.45, 2.75) is 18.4 Å². The lowest BCUT2D eigenvalue weighted by Gasteiger charge is -2.24. The maximum absolute atomic E-state index is 13.3. The van der Waals surface area contributed by atoms with Crippen molar-refractivity contribution in [3.05, 3.63) is 102 Å². The molecule has 0 aliphatic rings. The van der Waals surface area contributed by atoms with E-state index in [2.05, 4.69) is 5.32 Å². The van der Waals surface area contributed by atoms with E-state index in [9.17, 15) is 14.7 Å². The van der Waals surface area contributed by atoms with Gasteiger partial charge in [0.05, 0.1) is 19.1 Å². The molecule has 3 aromatic rings. The molecule has 0 bridgehead atoms. The van der Waals surface area contributed by atoms with Gasteiger partial charge in [-0.25, -0.2) is 0 Å². The number of hydrogen-bond acceptors (Lipinski definition) is 4. The van der Waals surface area contributed by atoms with Crippen LogP contribution in [0, 0.1) is 0 Å². The first-order valence-electron chi connectivity index (χ1n) is 9.32. The smallest absolute Gasteiger partial charge is 0.232 e. The Morgan fingerprint density at radius 2 is 1.34 bits per heavy atom. The Hall–Kier alpha value is -3.60. The summed E-state index contributed by atoms with van der Waals surface area (Å²) in [5.41, 5.74) is 2.33. The molecule has 148 valence electrons. The second-order valence-corrected chi connectivity index (χ2v) is 6.66. The summed E-state index contributed by atoms with van der Waals surface area (Å²) in [7, 11) is 1.56. The molecule has 3 rings (SSSR count). The van der Waals surface area contributed by atoms with Gasteiger partial charge < -0.3 is 20.0 Å². The van der Waals surface area contributed by atoms with Gasteiger partial charge in [0, 0.05) is 12.4 Å². The number of carboxylic acid groups (broad SMARTS) is 1. The standard InChI is InChI=1S/C24H23NO4/c1-29-20-14-12-17(13-15-20)21(16-22(26)27)25-24(28)23(18-8-4-2-5-9-18)19-10-6-3-7-11-19/h2-15,21,23H,16H2,1H3,(H,25,28)(H,26,27)/p-1/t21-/m1/s1. The Morgan fingerprint density at radius 1 is 0.828 bits per heavy atom. The van der Waals surface area contributed by atoms with Gasteiger partial charge in [-0.1, -0.05) is 72.8 Å². The molecule has 0 aromatic heterocycles. The number of carbonyl (C=O) groups excluding carboxylic acids is 2. The Bertz CT molecular complexity index is 900. The van der Waals surface area contributed by atoms with Gasteiger partial charge in [-0.05, 0) is 28.8 Å². The van der Waals surface area contributed by atoms with E-state index < -0.39 is 17.9 Å². The number of methoxy groups -OCH3 is 1. The maximum Gasteiger partial charge on any atom is 0.232 e. The molecule has 0 fully saturated rings. The number of carbonyl (C=O) groups is 2. The van der Waals surface area contributed by atoms with Crippen LogP contribution in [-0.4, -0.2) is 19.0 Å². The first-order chi connectivity index (χ1) is 14.1. The van der Waals surface area contributed by atoms with E-state index in [1.165, 1.54) is 0 Å². The van der Waals surface area contributed by atoms with Crippen LogP contribution in [0.2, 0.25) is 0 Å². The van der Waals surface area contributed by atoms with Gasteiger partial charge in [0.25, 0.3) is 0 Å². The zero-order valence-corrected chi connectivity index (χ0v) is 16.1. The number of amides is 1. The number of ether oxygens (including phenoxy) is 1. The molecular weight excluding hydrogens is 366 g/mol. The van der Waals surface area contributed by atoms with Crippen molar-refractivity contribution in [3.63, 3.8) is 0 Å².